The van der Waals surface area contributed by atoms with Crippen molar-refractivity contribution >= 4 is 5.91 Å². The van der Waals surface area contributed by atoms with Crippen molar-refractivity contribution in [2.24, 2.45) is 5.41 Å². The summed E-state index contributed by atoms with van der Waals surface area (Å²) < 4.78 is 5.08. The summed E-state index contributed by atoms with van der Waals surface area (Å²) in [7, 11) is 1.54. The first-order valence-electron chi connectivity index (χ1n) is 6.62. The van der Waals surface area contributed by atoms with Crippen LogP contribution in [0.25, 0.3) is 0 Å². The van der Waals surface area contributed by atoms with Crippen LogP contribution in [0, 0.1) is 5.41 Å². The lowest BCUT2D eigenvalue weighted by Gasteiger charge is -2.27. The molecule has 0 aliphatic heterocycles. The lowest BCUT2D eigenvalue weighted by atomic mass is 9.87. The maximum Gasteiger partial charge on any atom is 0.255 e. The highest BCUT2D eigenvalue weighted by Crippen LogP contribution is 2.37. The monoisotopic (exact) mass is 263 g/mol. The largest absolute Gasteiger partial charge is 0.507 e. The highest BCUT2D eigenvalue weighted by atomic mass is 16.5. The summed E-state index contributed by atoms with van der Waals surface area (Å²) in [6.07, 6.45) is 3.23. The Bertz CT molecular complexity index is 482. The van der Waals surface area contributed by atoms with E-state index in [2.05, 4.69) is 19.2 Å². The molecule has 1 aliphatic rings. The molecule has 0 aromatic heterocycles. The van der Waals surface area contributed by atoms with Crippen molar-refractivity contribution in [1.82, 2.24) is 5.32 Å². The number of aromatic hydroxyl groups is 1. The maximum absolute atomic E-state index is 12.3. The zero-order chi connectivity index (χ0) is 14.0. The van der Waals surface area contributed by atoms with Crippen LogP contribution in [0.5, 0.6) is 11.5 Å². The van der Waals surface area contributed by atoms with Gasteiger partial charge in [0.2, 0.25) is 0 Å². The first-order valence-corrected chi connectivity index (χ1v) is 6.62. The summed E-state index contributed by atoms with van der Waals surface area (Å²) in [5.74, 6) is 0.305. The van der Waals surface area contributed by atoms with Crippen molar-refractivity contribution in [2.75, 3.05) is 7.11 Å². The number of methoxy groups -OCH3 is 1. The number of benzene rings is 1. The van der Waals surface area contributed by atoms with E-state index in [0.717, 1.165) is 19.3 Å². The number of hydrogen-bond acceptors (Lipinski definition) is 3. The molecule has 104 valence electrons. The van der Waals surface area contributed by atoms with Crippen LogP contribution >= 0.6 is 0 Å². The third kappa shape index (κ3) is 2.83. The third-order valence-corrected chi connectivity index (χ3v) is 4.01. The molecule has 1 amide bonds. The molecule has 1 fully saturated rings. The van der Waals surface area contributed by atoms with Gasteiger partial charge >= 0.3 is 0 Å². The van der Waals surface area contributed by atoms with E-state index in [0.29, 0.717) is 5.75 Å². The molecule has 1 saturated carbocycles. The van der Waals surface area contributed by atoms with Crippen LogP contribution in [0.2, 0.25) is 0 Å². The minimum Gasteiger partial charge on any atom is -0.507 e. The SMILES string of the molecule is COc1ccc(O)c(C(=O)NC2CCCC2(C)C)c1. The molecule has 4 heteroatoms. The van der Waals surface area contributed by atoms with Crippen LogP contribution < -0.4 is 10.1 Å². The average molecular weight is 263 g/mol. The topological polar surface area (TPSA) is 58.6 Å². The number of carbonyl (C=O) groups is 1. The summed E-state index contributed by atoms with van der Waals surface area (Å²) in [6.45, 7) is 4.33. The lowest BCUT2D eigenvalue weighted by molar-refractivity contribution is 0.0907. The standard InChI is InChI=1S/C15H21NO3/c1-15(2)8-4-5-13(15)16-14(18)11-9-10(19-3)6-7-12(11)17/h6-7,9,13,17H,4-5,8H2,1-3H3,(H,16,18). The van der Waals surface area contributed by atoms with E-state index in [1.807, 2.05) is 0 Å². The van der Waals surface area contributed by atoms with Crippen molar-refractivity contribution in [3.8, 4) is 11.5 Å². The molecule has 1 atom stereocenters. The van der Waals surface area contributed by atoms with Gasteiger partial charge in [0.25, 0.3) is 5.91 Å². The van der Waals surface area contributed by atoms with E-state index >= 15 is 0 Å². The number of nitrogens with one attached hydrogen (secondary N) is 1. The Kier molecular flexibility index (Phi) is 3.69. The summed E-state index contributed by atoms with van der Waals surface area (Å²) >= 11 is 0. The fourth-order valence-corrected chi connectivity index (χ4v) is 2.65. The Morgan fingerprint density at radius 1 is 1.47 bits per heavy atom. The number of phenolic OH excluding ortho intramolecular Hbond substituents is 1. The van der Waals surface area contributed by atoms with Gasteiger partial charge in [-0.1, -0.05) is 20.3 Å². The van der Waals surface area contributed by atoms with Gasteiger partial charge in [0.1, 0.15) is 11.5 Å². The van der Waals surface area contributed by atoms with Gasteiger partial charge in [0.15, 0.2) is 0 Å². The molecule has 0 bridgehead atoms. The minimum atomic E-state index is -0.239. The van der Waals surface area contributed by atoms with Crippen LogP contribution in [0.1, 0.15) is 43.5 Å². The van der Waals surface area contributed by atoms with Gasteiger partial charge in [-0.25, -0.2) is 0 Å². The lowest BCUT2D eigenvalue weighted by Crippen LogP contribution is -2.41. The average Bonchev–Trinajstić information content (AvgIpc) is 2.69. The second kappa shape index (κ2) is 5.11. The number of carbonyl (C=O) groups excluding carboxylic acids is 1. The molecule has 2 N–H and O–H groups in total. The Morgan fingerprint density at radius 2 is 2.21 bits per heavy atom. The second-order valence-corrected chi connectivity index (χ2v) is 5.79. The third-order valence-electron chi connectivity index (χ3n) is 4.01. The molecule has 2 rings (SSSR count). The normalized spacial score (nSPS) is 21.1. The van der Waals surface area contributed by atoms with Crippen molar-refractivity contribution in [3.63, 3.8) is 0 Å². The Hall–Kier alpha value is -1.71. The van der Waals surface area contributed by atoms with Gasteiger partial charge in [0.05, 0.1) is 12.7 Å². The van der Waals surface area contributed by atoms with Crippen molar-refractivity contribution in [2.45, 2.75) is 39.2 Å². The van der Waals surface area contributed by atoms with Crippen molar-refractivity contribution < 1.29 is 14.6 Å². The van der Waals surface area contributed by atoms with Gasteiger partial charge in [-0.15, -0.1) is 0 Å². The van der Waals surface area contributed by atoms with Gasteiger partial charge in [-0.3, -0.25) is 4.79 Å². The van der Waals surface area contributed by atoms with E-state index < -0.39 is 0 Å². The molecule has 1 aliphatic carbocycles. The van der Waals surface area contributed by atoms with E-state index in [1.54, 1.807) is 12.1 Å². The van der Waals surface area contributed by atoms with Crippen LogP contribution in [0.4, 0.5) is 0 Å². The molecule has 1 aromatic carbocycles. The zero-order valence-corrected chi connectivity index (χ0v) is 11.7. The van der Waals surface area contributed by atoms with Crippen molar-refractivity contribution in [1.29, 1.82) is 0 Å². The molecule has 1 unspecified atom stereocenters. The molecular weight excluding hydrogens is 242 g/mol. The highest BCUT2D eigenvalue weighted by Gasteiger charge is 2.35. The quantitative estimate of drug-likeness (QED) is 0.881. The number of ether oxygens (including phenoxy) is 1. The fraction of sp³-hybridized carbons (Fsp3) is 0.533. The van der Waals surface area contributed by atoms with Crippen LogP contribution in [-0.2, 0) is 0 Å². The van der Waals surface area contributed by atoms with E-state index in [4.69, 9.17) is 4.74 Å². The van der Waals surface area contributed by atoms with Crippen LogP contribution in [0.15, 0.2) is 18.2 Å². The molecule has 4 nitrogen and oxygen atoms in total. The Balaban J connectivity index is 2.16. The first-order chi connectivity index (χ1) is 8.94. The van der Waals surface area contributed by atoms with E-state index in [9.17, 15) is 9.90 Å². The smallest absolute Gasteiger partial charge is 0.255 e. The number of hydrogen-bond donors (Lipinski definition) is 2. The van der Waals surface area contributed by atoms with E-state index in [-0.39, 0.29) is 28.7 Å². The molecule has 0 radical (unpaired) electrons. The fourth-order valence-electron chi connectivity index (χ4n) is 2.65. The summed E-state index contributed by atoms with van der Waals surface area (Å²) in [5.41, 5.74) is 0.381. The van der Waals surface area contributed by atoms with Crippen molar-refractivity contribution in [3.05, 3.63) is 23.8 Å². The second-order valence-electron chi connectivity index (χ2n) is 5.79. The van der Waals surface area contributed by atoms with Gasteiger partial charge < -0.3 is 15.2 Å². The predicted molar refractivity (Wildman–Crippen MR) is 73.5 cm³/mol. The molecule has 0 saturated heterocycles. The highest BCUT2D eigenvalue weighted by molar-refractivity contribution is 5.97. The van der Waals surface area contributed by atoms with Gasteiger partial charge in [0, 0.05) is 6.04 Å². The first kappa shape index (κ1) is 13.7. The van der Waals surface area contributed by atoms with E-state index in [1.165, 1.54) is 13.2 Å². The number of phenols is 1. The summed E-state index contributed by atoms with van der Waals surface area (Å²) in [5, 5.41) is 12.8. The Labute approximate surface area is 113 Å². The predicted octanol–water partition coefficient (Wildman–Crippen LogP) is 2.71. The number of amides is 1. The van der Waals surface area contributed by atoms with Crippen LogP contribution in [-0.4, -0.2) is 24.2 Å². The molecular formula is C15H21NO3. The number of rotatable bonds is 3. The Morgan fingerprint density at radius 3 is 2.79 bits per heavy atom. The molecule has 1 aromatic rings. The van der Waals surface area contributed by atoms with Gasteiger partial charge in [-0.2, -0.15) is 0 Å². The summed E-state index contributed by atoms with van der Waals surface area (Å²) in [4.78, 5) is 12.3. The maximum atomic E-state index is 12.3. The van der Waals surface area contributed by atoms with Gasteiger partial charge in [-0.05, 0) is 36.5 Å². The molecule has 0 heterocycles. The minimum absolute atomic E-state index is 0.0193. The van der Waals surface area contributed by atoms with Crippen LogP contribution in [0.3, 0.4) is 0 Å². The molecule has 0 spiro atoms. The summed E-state index contributed by atoms with van der Waals surface area (Å²) in [6, 6.07) is 4.83. The zero-order valence-electron chi connectivity index (χ0n) is 11.7. The molecule has 19 heavy (non-hydrogen) atoms.